The molecule has 0 amide bonds. The van der Waals surface area contributed by atoms with Gasteiger partial charge in [-0.3, -0.25) is 4.79 Å². The molecule has 0 saturated carbocycles. The maximum Gasteiger partial charge on any atom is 0.307 e. The first-order chi connectivity index (χ1) is 8.91. The summed E-state index contributed by atoms with van der Waals surface area (Å²) in [5.41, 5.74) is 0. The summed E-state index contributed by atoms with van der Waals surface area (Å²) in [7, 11) is -3.47. The summed E-state index contributed by atoms with van der Waals surface area (Å²) in [5, 5.41) is 9.03. The van der Waals surface area contributed by atoms with E-state index >= 15 is 0 Å². The van der Waals surface area contributed by atoms with Crippen molar-refractivity contribution >= 4 is 16.2 Å². The zero-order valence-corrected chi connectivity index (χ0v) is 12.1. The molecule has 19 heavy (non-hydrogen) atoms. The number of aliphatic carboxylic acids is 1. The van der Waals surface area contributed by atoms with Crippen LogP contribution < -0.4 is 0 Å². The monoisotopic (exact) mass is 290 g/mol. The van der Waals surface area contributed by atoms with Crippen molar-refractivity contribution in [2.45, 2.75) is 32.6 Å². The molecule has 2 rings (SSSR count). The number of rotatable bonds is 3. The van der Waals surface area contributed by atoms with Crippen molar-refractivity contribution in [1.82, 2.24) is 8.61 Å². The van der Waals surface area contributed by atoms with Gasteiger partial charge in [0.05, 0.1) is 5.92 Å². The van der Waals surface area contributed by atoms with Crippen LogP contribution in [-0.4, -0.2) is 54.3 Å². The Bertz CT molecular complexity index is 429. The van der Waals surface area contributed by atoms with Crippen LogP contribution in [0.1, 0.15) is 32.6 Å². The fourth-order valence-electron chi connectivity index (χ4n) is 2.73. The van der Waals surface area contributed by atoms with Crippen LogP contribution in [0.5, 0.6) is 0 Å². The highest BCUT2D eigenvalue weighted by molar-refractivity contribution is 7.86. The number of hydrogen-bond acceptors (Lipinski definition) is 3. The Hall–Kier alpha value is -0.660. The number of carbonyl (C=O) groups is 1. The van der Waals surface area contributed by atoms with Crippen molar-refractivity contribution in [3.8, 4) is 0 Å². The molecule has 110 valence electrons. The molecule has 0 bridgehead atoms. The van der Waals surface area contributed by atoms with Gasteiger partial charge in [0.1, 0.15) is 0 Å². The second-order valence-corrected chi connectivity index (χ2v) is 7.55. The Balaban J connectivity index is 2.04. The van der Waals surface area contributed by atoms with E-state index in [4.69, 9.17) is 5.11 Å². The normalized spacial score (nSPS) is 28.4. The molecule has 2 saturated heterocycles. The van der Waals surface area contributed by atoms with Gasteiger partial charge in [0.15, 0.2) is 0 Å². The molecule has 0 spiro atoms. The van der Waals surface area contributed by atoms with Crippen molar-refractivity contribution in [3.05, 3.63) is 0 Å². The van der Waals surface area contributed by atoms with Crippen LogP contribution in [0, 0.1) is 11.8 Å². The minimum atomic E-state index is -3.47. The molecule has 1 N–H and O–H groups in total. The number of hydrogen-bond donors (Lipinski definition) is 1. The second kappa shape index (κ2) is 5.76. The van der Waals surface area contributed by atoms with E-state index in [9.17, 15) is 13.2 Å². The van der Waals surface area contributed by atoms with Gasteiger partial charge in [-0.15, -0.1) is 0 Å². The predicted molar refractivity (Wildman–Crippen MR) is 70.8 cm³/mol. The molecule has 2 fully saturated rings. The number of piperidine rings is 2. The SMILES string of the molecule is CC1CCN(S(=O)(=O)N2CCC[C@H](C(=O)O)C2)CC1. The molecule has 2 aliphatic rings. The molecule has 6 nitrogen and oxygen atoms in total. The van der Waals surface area contributed by atoms with Crippen molar-refractivity contribution in [1.29, 1.82) is 0 Å². The van der Waals surface area contributed by atoms with Gasteiger partial charge in [-0.05, 0) is 31.6 Å². The second-order valence-electron chi connectivity index (χ2n) is 5.62. The van der Waals surface area contributed by atoms with Gasteiger partial charge in [0, 0.05) is 26.2 Å². The van der Waals surface area contributed by atoms with E-state index in [2.05, 4.69) is 6.92 Å². The molecule has 2 heterocycles. The van der Waals surface area contributed by atoms with Gasteiger partial charge in [0.25, 0.3) is 10.2 Å². The van der Waals surface area contributed by atoms with Crippen molar-refractivity contribution in [3.63, 3.8) is 0 Å². The summed E-state index contributed by atoms with van der Waals surface area (Å²) in [5.74, 6) is -0.890. The molecule has 7 heteroatoms. The molecule has 0 aromatic carbocycles. The van der Waals surface area contributed by atoms with E-state index in [1.165, 1.54) is 8.61 Å². The number of nitrogens with zero attached hydrogens (tertiary/aromatic N) is 2. The summed E-state index contributed by atoms with van der Waals surface area (Å²) in [6.07, 6.45) is 2.96. The average Bonchev–Trinajstić information content (AvgIpc) is 2.39. The van der Waals surface area contributed by atoms with Gasteiger partial charge in [-0.2, -0.15) is 17.0 Å². The van der Waals surface area contributed by atoms with E-state index in [1.807, 2.05) is 0 Å². The van der Waals surface area contributed by atoms with E-state index in [0.29, 0.717) is 38.4 Å². The highest BCUT2D eigenvalue weighted by Gasteiger charge is 2.36. The van der Waals surface area contributed by atoms with Crippen molar-refractivity contribution < 1.29 is 18.3 Å². The molecule has 1 atom stereocenters. The summed E-state index contributed by atoms with van der Waals surface area (Å²) >= 11 is 0. The standard InChI is InChI=1S/C12H22N2O4S/c1-10-4-7-13(8-5-10)19(17,18)14-6-2-3-11(9-14)12(15)16/h10-11H,2-9H2,1H3,(H,15,16)/t11-/m0/s1. The molecular weight excluding hydrogens is 268 g/mol. The lowest BCUT2D eigenvalue weighted by Gasteiger charge is -2.36. The lowest BCUT2D eigenvalue weighted by molar-refractivity contribution is -0.142. The maximum absolute atomic E-state index is 12.5. The van der Waals surface area contributed by atoms with Gasteiger partial charge in [0.2, 0.25) is 0 Å². The molecule has 2 aliphatic heterocycles. The van der Waals surface area contributed by atoms with Crippen LogP contribution in [0.15, 0.2) is 0 Å². The Morgan fingerprint density at radius 3 is 2.32 bits per heavy atom. The zero-order chi connectivity index (χ0) is 14.0. The zero-order valence-electron chi connectivity index (χ0n) is 11.3. The Kier molecular flexibility index (Phi) is 4.47. The quantitative estimate of drug-likeness (QED) is 0.832. The fourth-order valence-corrected chi connectivity index (χ4v) is 4.46. The molecule has 0 unspecified atom stereocenters. The average molecular weight is 290 g/mol. The lowest BCUT2D eigenvalue weighted by Crippen LogP contribution is -2.51. The highest BCUT2D eigenvalue weighted by Crippen LogP contribution is 2.25. The van der Waals surface area contributed by atoms with Gasteiger partial charge >= 0.3 is 5.97 Å². The van der Waals surface area contributed by atoms with Crippen LogP contribution in [0.4, 0.5) is 0 Å². The first-order valence-electron chi connectivity index (χ1n) is 6.89. The fraction of sp³-hybridized carbons (Fsp3) is 0.917. The first kappa shape index (κ1) is 14.7. The van der Waals surface area contributed by atoms with E-state index in [0.717, 1.165) is 12.8 Å². The van der Waals surface area contributed by atoms with Crippen LogP contribution in [0.25, 0.3) is 0 Å². The molecular formula is C12H22N2O4S. The van der Waals surface area contributed by atoms with E-state index in [1.54, 1.807) is 0 Å². The summed E-state index contributed by atoms with van der Waals surface area (Å²) in [4.78, 5) is 11.0. The molecule has 0 aromatic rings. The lowest BCUT2D eigenvalue weighted by atomic mass is 10.0. The van der Waals surface area contributed by atoms with E-state index < -0.39 is 22.1 Å². The third-order valence-corrected chi connectivity index (χ3v) is 6.13. The summed E-state index contributed by atoms with van der Waals surface area (Å²) in [6.45, 7) is 3.79. The Labute approximate surface area is 114 Å². The molecule has 0 aliphatic carbocycles. The molecule has 0 radical (unpaired) electrons. The largest absolute Gasteiger partial charge is 0.481 e. The van der Waals surface area contributed by atoms with E-state index in [-0.39, 0.29) is 6.54 Å². The van der Waals surface area contributed by atoms with Crippen molar-refractivity contribution in [2.75, 3.05) is 26.2 Å². The summed E-state index contributed by atoms with van der Waals surface area (Å²) in [6, 6.07) is 0. The van der Waals surface area contributed by atoms with Crippen LogP contribution in [-0.2, 0) is 15.0 Å². The van der Waals surface area contributed by atoms with Crippen LogP contribution >= 0.6 is 0 Å². The van der Waals surface area contributed by atoms with Gasteiger partial charge in [-0.25, -0.2) is 0 Å². The first-order valence-corrected chi connectivity index (χ1v) is 8.29. The predicted octanol–water partition coefficient (Wildman–Crippen LogP) is 0.760. The topological polar surface area (TPSA) is 77.9 Å². The molecule has 0 aromatic heterocycles. The van der Waals surface area contributed by atoms with Crippen molar-refractivity contribution in [2.24, 2.45) is 11.8 Å². The smallest absolute Gasteiger partial charge is 0.307 e. The van der Waals surface area contributed by atoms with Gasteiger partial charge < -0.3 is 5.11 Å². The summed E-state index contributed by atoms with van der Waals surface area (Å²) < 4.78 is 27.8. The van der Waals surface area contributed by atoms with Gasteiger partial charge in [-0.1, -0.05) is 6.92 Å². The minimum absolute atomic E-state index is 0.115. The Morgan fingerprint density at radius 2 is 1.74 bits per heavy atom. The van der Waals surface area contributed by atoms with Crippen LogP contribution in [0.3, 0.4) is 0 Å². The number of carboxylic acid groups (broad SMARTS) is 1. The maximum atomic E-state index is 12.5. The third kappa shape index (κ3) is 3.27. The third-order valence-electron chi connectivity index (χ3n) is 4.13. The highest BCUT2D eigenvalue weighted by atomic mass is 32.2. The Morgan fingerprint density at radius 1 is 1.11 bits per heavy atom. The number of carboxylic acids is 1. The van der Waals surface area contributed by atoms with Crippen LogP contribution in [0.2, 0.25) is 0 Å². The minimum Gasteiger partial charge on any atom is -0.481 e.